The van der Waals surface area contributed by atoms with Crippen molar-refractivity contribution in [2.45, 2.75) is 28.7 Å². The Kier molecular flexibility index (Phi) is 3.51. The summed E-state index contributed by atoms with van der Waals surface area (Å²) in [6.45, 7) is 2.26. The first kappa shape index (κ1) is 16.6. The zero-order valence-electron chi connectivity index (χ0n) is 14.9. The second-order valence-corrected chi connectivity index (χ2v) is 8.50. The molecule has 1 spiro atoms. The van der Waals surface area contributed by atoms with Gasteiger partial charge in [-0.05, 0) is 30.2 Å². The minimum Gasteiger partial charge on any atom is -0.383 e. The largest absolute Gasteiger partial charge is 0.383 e. The number of hydrogen-bond acceptors (Lipinski definition) is 3. The summed E-state index contributed by atoms with van der Waals surface area (Å²) < 4.78 is -1.05. The highest BCUT2D eigenvalue weighted by Gasteiger charge is 2.66. The zero-order valence-corrected chi connectivity index (χ0v) is 15.7. The lowest BCUT2D eigenvalue weighted by Crippen LogP contribution is -2.49. The summed E-state index contributed by atoms with van der Waals surface area (Å²) in [6.07, 6.45) is 0. The number of aliphatic hydroxyl groups is 1. The van der Waals surface area contributed by atoms with Crippen molar-refractivity contribution in [2.24, 2.45) is 0 Å². The number of amides is 1. The van der Waals surface area contributed by atoms with Crippen molar-refractivity contribution in [1.29, 1.82) is 0 Å². The molecule has 1 N–H and O–H groups in total. The molecule has 0 unspecified atom stereocenters. The third kappa shape index (κ3) is 2.11. The molecular formula is C23H19NO2S. The van der Waals surface area contributed by atoms with Gasteiger partial charge in [0.1, 0.15) is 5.60 Å². The normalized spacial score (nSPS) is 25.7. The monoisotopic (exact) mass is 373 g/mol. The number of benzene rings is 3. The van der Waals surface area contributed by atoms with Crippen molar-refractivity contribution in [3.05, 3.63) is 95.6 Å². The molecule has 3 nitrogen and oxygen atoms in total. The molecule has 0 saturated carbocycles. The van der Waals surface area contributed by atoms with Gasteiger partial charge in [-0.2, -0.15) is 0 Å². The van der Waals surface area contributed by atoms with Crippen molar-refractivity contribution >= 4 is 23.4 Å². The van der Waals surface area contributed by atoms with E-state index in [0.717, 1.165) is 27.3 Å². The van der Waals surface area contributed by atoms with Crippen LogP contribution in [0.15, 0.2) is 83.8 Å². The number of para-hydroxylation sites is 1. The van der Waals surface area contributed by atoms with Crippen LogP contribution in [-0.4, -0.2) is 11.0 Å². The number of anilines is 1. The van der Waals surface area contributed by atoms with Crippen LogP contribution in [0.5, 0.6) is 0 Å². The van der Waals surface area contributed by atoms with Gasteiger partial charge in [-0.3, -0.25) is 4.79 Å². The zero-order chi connectivity index (χ0) is 18.6. The first-order valence-electron chi connectivity index (χ1n) is 9.02. The molecule has 2 aliphatic heterocycles. The SMILES string of the molecule is C[C@@]1(O)c2ccccc2S[C@]12C(=O)N(Cc1ccccc1)c1ccccc12. The molecule has 2 aliphatic rings. The summed E-state index contributed by atoms with van der Waals surface area (Å²) in [5.41, 5.74) is 2.37. The van der Waals surface area contributed by atoms with Crippen LogP contribution >= 0.6 is 11.8 Å². The summed E-state index contributed by atoms with van der Waals surface area (Å²) in [5, 5.41) is 11.6. The van der Waals surface area contributed by atoms with Crippen molar-refractivity contribution in [3.63, 3.8) is 0 Å². The molecule has 0 aromatic heterocycles. The van der Waals surface area contributed by atoms with E-state index in [1.54, 1.807) is 6.92 Å². The van der Waals surface area contributed by atoms with E-state index >= 15 is 0 Å². The molecule has 1 amide bonds. The van der Waals surface area contributed by atoms with Gasteiger partial charge in [0.15, 0.2) is 4.75 Å². The predicted molar refractivity (Wildman–Crippen MR) is 108 cm³/mol. The summed E-state index contributed by atoms with van der Waals surface area (Å²) in [5.74, 6) is -0.0567. The summed E-state index contributed by atoms with van der Waals surface area (Å²) in [6, 6.07) is 25.6. The standard InChI is InChI=1S/C23H19NO2S/c1-22(26)18-12-6-8-14-20(18)27-23(22)17-11-5-7-13-19(17)24(21(23)25)15-16-9-3-2-4-10-16/h2-14,26H,15H2,1H3/t22-,23-/m1/s1. The summed E-state index contributed by atoms with van der Waals surface area (Å²) in [4.78, 5) is 16.6. The van der Waals surface area contributed by atoms with Crippen LogP contribution in [0.2, 0.25) is 0 Å². The fraction of sp³-hybridized carbons (Fsp3) is 0.174. The molecule has 0 bridgehead atoms. The highest BCUT2D eigenvalue weighted by atomic mass is 32.2. The Bertz CT molecular complexity index is 1050. The molecule has 27 heavy (non-hydrogen) atoms. The van der Waals surface area contributed by atoms with Gasteiger partial charge < -0.3 is 10.0 Å². The molecular weight excluding hydrogens is 354 g/mol. The topological polar surface area (TPSA) is 40.5 Å². The van der Waals surface area contributed by atoms with E-state index in [1.807, 2.05) is 83.8 Å². The van der Waals surface area contributed by atoms with Gasteiger partial charge in [0, 0.05) is 16.1 Å². The van der Waals surface area contributed by atoms with Crippen LogP contribution < -0.4 is 4.90 Å². The van der Waals surface area contributed by atoms with Crippen molar-refractivity contribution in [2.75, 3.05) is 4.90 Å². The first-order chi connectivity index (χ1) is 13.1. The van der Waals surface area contributed by atoms with Gasteiger partial charge in [-0.15, -0.1) is 11.8 Å². The maximum atomic E-state index is 13.8. The molecule has 4 heteroatoms. The summed E-state index contributed by atoms with van der Waals surface area (Å²) in [7, 11) is 0. The quantitative estimate of drug-likeness (QED) is 0.722. The Hall–Kier alpha value is -2.56. The van der Waals surface area contributed by atoms with Gasteiger partial charge in [0.25, 0.3) is 5.91 Å². The van der Waals surface area contributed by atoms with E-state index in [1.165, 1.54) is 11.8 Å². The van der Waals surface area contributed by atoms with Gasteiger partial charge >= 0.3 is 0 Å². The van der Waals surface area contributed by atoms with Gasteiger partial charge in [0.2, 0.25) is 0 Å². The van der Waals surface area contributed by atoms with Crippen LogP contribution in [0.1, 0.15) is 23.6 Å². The maximum Gasteiger partial charge on any atom is 0.251 e. The number of nitrogens with zero attached hydrogens (tertiary/aromatic N) is 1. The molecule has 5 rings (SSSR count). The molecule has 134 valence electrons. The smallest absolute Gasteiger partial charge is 0.251 e. The number of thioether (sulfide) groups is 1. The molecule has 3 aromatic carbocycles. The van der Waals surface area contributed by atoms with Crippen molar-refractivity contribution < 1.29 is 9.90 Å². The van der Waals surface area contributed by atoms with E-state index in [9.17, 15) is 9.90 Å². The minimum absolute atomic E-state index is 0.0567. The van der Waals surface area contributed by atoms with Crippen LogP contribution in [0.25, 0.3) is 0 Å². The average Bonchev–Trinajstić information content (AvgIpc) is 3.08. The fourth-order valence-corrected chi connectivity index (χ4v) is 5.97. The molecule has 0 radical (unpaired) electrons. The van der Waals surface area contributed by atoms with Gasteiger partial charge in [-0.1, -0.05) is 66.7 Å². The lowest BCUT2D eigenvalue weighted by Gasteiger charge is -2.35. The number of hydrogen-bond donors (Lipinski definition) is 1. The second-order valence-electron chi connectivity index (χ2n) is 7.25. The van der Waals surface area contributed by atoms with E-state index in [4.69, 9.17) is 0 Å². The predicted octanol–water partition coefficient (Wildman–Crippen LogP) is 4.44. The Balaban J connectivity index is 1.68. The van der Waals surface area contributed by atoms with Crippen LogP contribution in [-0.2, 0) is 21.7 Å². The van der Waals surface area contributed by atoms with Crippen LogP contribution in [0, 0.1) is 0 Å². The second kappa shape index (κ2) is 5.72. The van der Waals surface area contributed by atoms with Crippen molar-refractivity contribution in [3.8, 4) is 0 Å². The Morgan fingerprint density at radius 2 is 1.52 bits per heavy atom. The highest BCUT2D eigenvalue weighted by Crippen LogP contribution is 2.65. The minimum atomic E-state index is -1.28. The first-order valence-corrected chi connectivity index (χ1v) is 9.83. The number of fused-ring (bicyclic) bond motifs is 3. The Morgan fingerprint density at radius 3 is 2.26 bits per heavy atom. The molecule has 2 heterocycles. The van der Waals surface area contributed by atoms with E-state index < -0.39 is 10.3 Å². The Morgan fingerprint density at radius 1 is 0.889 bits per heavy atom. The molecule has 0 aliphatic carbocycles. The highest BCUT2D eigenvalue weighted by molar-refractivity contribution is 8.01. The van der Waals surface area contributed by atoms with E-state index in [2.05, 4.69) is 0 Å². The van der Waals surface area contributed by atoms with E-state index in [0.29, 0.717) is 6.54 Å². The fourth-order valence-electron chi connectivity index (χ4n) is 4.33. The lowest BCUT2D eigenvalue weighted by atomic mass is 9.79. The number of rotatable bonds is 2. The molecule has 2 atom stereocenters. The lowest BCUT2D eigenvalue weighted by molar-refractivity contribution is -0.127. The third-order valence-corrected chi connectivity index (χ3v) is 7.34. The average molecular weight is 373 g/mol. The number of carbonyl (C=O) groups excluding carboxylic acids is 1. The summed E-state index contributed by atoms with van der Waals surface area (Å²) >= 11 is 1.48. The number of carbonyl (C=O) groups is 1. The van der Waals surface area contributed by atoms with Crippen molar-refractivity contribution in [1.82, 2.24) is 0 Å². The third-order valence-electron chi connectivity index (χ3n) is 5.66. The van der Waals surface area contributed by atoms with E-state index in [-0.39, 0.29) is 5.91 Å². The molecule has 0 fully saturated rings. The maximum absolute atomic E-state index is 13.8. The molecule has 3 aromatic rings. The van der Waals surface area contributed by atoms with Gasteiger partial charge in [0.05, 0.1) is 6.54 Å². The van der Waals surface area contributed by atoms with Gasteiger partial charge in [-0.25, -0.2) is 0 Å². The van der Waals surface area contributed by atoms with Crippen LogP contribution in [0.4, 0.5) is 5.69 Å². The van der Waals surface area contributed by atoms with Crippen LogP contribution in [0.3, 0.4) is 0 Å². The molecule has 0 saturated heterocycles. The Labute approximate surface area is 162 Å².